The fourth-order valence-electron chi connectivity index (χ4n) is 1.67. The van der Waals surface area contributed by atoms with Crippen molar-refractivity contribution in [3.63, 3.8) is 0 Å². The van der Waals surface area contributed by atoms with Crippen molar-refractivity contribution in [2.45, 2.75) is 18.7 Å². The number of methoxy groups -OCH3 is 1. The minimum absolute atomic E-state index is 0.0105. The molecule has 0 saturated heterocycles. The van der Waals surface area contributed by atoms with E-state index in [1.165, 1.54) is 0 Å². The van der Waals surface area contributed by atoms with E-state index in [2.05, 4.69) is 31.9 Å². The first-order valence-electron chi connectivity index (χ1n) is 6.19. The van der Waals surface area contributed by atoms with Gasteiger partial charge in [0.25, 0.3) is 0 Å². The van der Waals surface area contributed by atoms with Gasteiger partial charge in [0, 0.05) is 5.33 Å². The Morgan fingerprint density at radius 3 is 2.50 bits per heavy atom. The first kappa shape index (κ1) is 17.8. The molecule has 0 N–H and O–H groups in total. The normalized spacial score (nSPS) is 11.4. The molecule has 0 aliphatic rings. The predicted molar refractivity (Wildman–Crippen MR) is 87.8 cm³/mol. The standard InChI is InChI=1S/C13H18Br2O4S/c1-3-5-20(16,17)6-4-19-13-11(15)7-10(9-14)8-12(13)18-2/h7-8H,3-6,9H2,1-2H3. The highest BCUT2D eigenvalue weighted by Gasteiger charge is 2.14. The molecule has 0 fully saturated rings. The third-order valence-electron chi connectivity index (χ3n) is 2.60. The molecule has 0 amide bonds. The van der Waals surface area contributed by atoms with Gasteiger partial charge < -0.3 is 9.47 Å². The molecule has 7 heteroatoms. The highest BCUT2D eigenvalue weighted by molar-refractivity contribution is 9.10. The van der Waals surface area contributed by atoms with Crippen molar-refractivity contribution in [3.8, 4) is 11.5 Å². The Labute approximate surface area is 137 Å². The van der Waals surface area contributed by atoms with Gasteiger partial charge in [0.1, 0.15) is 6.61 Å². The molecule has 114 valence electrons. The summed E-state index contributed by atoms with van der Waals surface area (Å²) in [5.41, 5.74) is 1.04. The maximum absolute atomic E-state index is 11.6. The van der Waals surface area contributed by atoms with E-state index in [1.54, 1.807) is 7.11 Å². The molecular weight excluding hydrogens is 412 g/mol. The van der Waals surface area contributed by atoms with Crippen LogP contribution in [0.2, 0.25) is 0 Å². The zero-order valence-corrected chi connectivity index (χ0v) is 15.5. The minimum atomic E-state index is -3.04. The molecule has 1 rings (SSSR count). The second-order valence-corrected chi connectivity index (χ2v) is 7.96. The Bertz CT molecular complexity index is 544. The Kier molecular flexibility index (Phi) is 7.33. The van der Waals surface area contributed by atoms with Crippen molar-refractivity contribution in [2.75, 3.05) is 25.2 Å². The number of rotatable bonds is 8. The van der Waals surface area contributed by atoms with Crippen LogP contribution in [-0.4, -0.2) is 33.6 Å². The molecule has 0 heterocycles. The summed E-state index contributed by atoms with van der Waals surface area (Å²) in [7, 11) is -1.48. The van der Waals surface area contributed by atoms with Crippen LogP contribution in [0.5, 0.6) is 11.5 Å². The summed E-state index contributed by atoms with van der Waals surface area (Å²) < 4.78 is 34.9. The second kappa shape index (κ2) is 8.24. The van der Waals surface area contributed by atoms with Gasteiger partial charge in [0.2, 0.25) is 0 Å². The van der Waals surface area contributed by atoms with Gasteiger partial charge in [-0.1, -0.05) is 22.9 Å². The summed E-state index contributed by atoms with van der Waals surface area (Å²) in [6, 6.07) is 3.77. The summed E-state index contributed by atoms with van der Waals surface area (Å²) in [5, 5.41) is 0.702. The molecule has 4 nitrogen and oxygen atoms in total. The maximum Gasteiger partial charge on any atom is 0.175 e. The smallest absolute Gasteiger partial charge is 0.175 e. The van der Waals surface area contributed by atoms with Gasteiger partial charge in [-0.15, -0.1) is 0 Å². The molecule has 0 saturated carbocycles. The largest absolute Gasteiger partial charge is 0.493 e. The van der Waals surface area contributed by atoms with Crippen molar-refractivity contribution in [1.29, 1.82) is 0 Å². The van der Waals surface area contributed by atoms with E-state index in [0.29, 0.717) is 23.2 Å². The first-order valence-corrected chi connectivity index (χ1v) is 9.92. The lowest BCUT2D eigenvalue weighted by molar-refractivity contribution is 0.309. The quantitative estimate of drug-likeness (QED) is 0.593. The zero-order valence-electron chi connectivity index (χ0n) is 11.5. The summed E-state index contributed by atoms with van der Waals surface area (Å²) in [5.74, 6) is 1.32. The van der Waals surface area contributed by atoms with Gasteiger partial charge in [-0.3, -0.25) is 0 Å². The lowest BCUT2D eigenvalue weighted by atomic mass is 10.2. The van der Waals surface area contributed by atoms with Gasteiger partial charge in [0.15, 0.2) is 21.3 Å². The average molecular weight is 430 g/mol. The van der Waals surface area contributed by atoms with Gasteiger partial charge in [-0.05, 0) is 40.0 Å². The highest BCUT2D eigenvalue weighted by atomic mass is 79.9. The van der Waals surface area contributed by atoms with Gasteiger partial charge in [0.05, 0.1) is 23.1 Å². The minimum Gasteiger partial charge on any atom is -0.493 e. The molecule has 0 aliphatic carbocycles. The third kappa shape index (κ3) is 5.26. The van der Waals surface area contributed by atoms with Crippen molar-refractivity contribution < 1.29 is 17.9 Å². The Morgan fingerprint density at radius 2 is 1.95 bits per heavy atom. The van der Waals surface area contributed by atoms with Crippen LogP contribution in [0.4, 0.5) is 0 Å². The fourth-order valence-corrected chi connectivity index (χ4v) is 3.77. The van der Waals surface area contributed by atoms with Crippen LogP contribution in [-0.2, 0) is 15.2 Å². The summed E-state index contributed by atoms with van der Waals surface area (Å²) in [6.45, 7) is 1.96. The highest BCUT2D eigenvalue weighted by Crippen LogP contribution is 2.37. The molecule has 0 aromatic heterocycles. The van der Waals surface area contributed by atoms with E-state index in [-0.39, 0.29) is 18.1 Å². The van der Waals surface area contributed by atoms with E-state index in [0.717, 1.165) is 10.0 Å². The van der Waals surface area contributed by atoms with Crippen LogP contribution in [0, 0.1) is 0 Å². The van der Waals surface area contributed by atoms with Crippen LogP contribution >= 0.6 is 31.9 Å². The monoisotopic (exact) mass is 428 g/mol. The van der Waals surface area contributed by atoms with Gasteiger partial charge in [-0.2, -0.15) is 0 Å². The number of halogens is 2. The second-order valence-electron chi connectivity index (χ2n) is 4.24. The number of benzene rings is 1. The van der Waals surface area contributed by atoms with Crippen LogP contribution < -0.4 is 9.47 Å². The van der Waals surface area contributed by atoms with Crippen molar-refractivity contribution >= 4 is 41.7 Å². The predicted octanol–water partition coefficient (Wildman–Crippen LogP) is 3.56. The first-order chi connectivity index (χ1) is 9.43. The van der Waals surface area contributed by atoms with E-state index in [9.17, 15) is 8.42 Å². The number of hydrogen-bond donors (Lipinski definition) is 0. The van der Waals surface area contributed by atoms with Crippen LogP contribution in [0.3, 0.4) is 0 Å². The summed E-state index contributed by atoms with van der Waals surface area (Å²) in [6.07, 6.45) is 0.620. The lowest BCUT2D eigenvalue weighted by Gasteiger charge is -2.14. The maximum atomic E-state index is 11.6. The molecule has 0 radical (unpaired) electrons. The molecule has 0 bridgehead atoms. The molecular formula is C13H18Br2O4S. The Morgan fingerprint density at radius 1 is 1.25 bits per heavy atom. The van der Waals surface area contributed by atoms with Gasteiger partial charge >= 0.3 is 0 Å². The Balaban J connectivity index is 2.78. The molecule has 0 spiro atoms. The van der Waals surface area contributed by atoms with Crippen LogP contribution in [0.1, 0.15) is 18.9 Å². The molecule has 1 aromatic carbocycles. The summed E-state index contributed by atoms with van der Waals surface area (Å²) in [4.78, 5) is 0. The lowest BCUT2D eigenvalue weighted by Crippen LogP contribution is -2.17. The number of hydrogen-bond acceptors (Lipinski definition) is 4. The number of ether oxygens (including phenoxy) is 2. The molecule has 0 atom stereocenters. The van der Waals surface area contributed by atoms with Gasteiger partial charge in [-0.25, -0.2) is 8.42 Å². The van der Waals surface area contributed by atoms with Crippen molar-refractivity contribution in [3.05, 3.63) is 22.2 Å². The van der Waals surface area contributed by atoms with Crippen molar-refractivity contribution in [2.24, 2.45) is 0 Å². The molecule has 20 heavy (non-hydrogen) atoms. The molecule has 0 unspecified atom stereocenters. The van der Waals surface area contributed by atoms with Crippen LogP contribution in [0.15, 0.2) is 16.6 Å². The molecule has 0 aliphatic heterocycles. The van der Waals surface area contributed by atoms with E-state index in [1.807, 2.05) is 19.1 Å². The fraction of sp³-hybridized carbons (Fsp3) is 0.538. The van der Waals surface area contributed by atoms with E-state index >= 15 is 0 Å². The Hall–Kier alpha value is -0.270. The van der Waals surface area contributed by atoms with Crippen LogP contribution in [0.25, 0.3) is 0 Å². The van der Waals surface area contributed by atoms with Crippen molar-refractivity contribution in [1.82, 2.24) is 0 Å². The zero-order chi connectivity index (χ0) is 15.2. The average Bonchev–Trinajstić information content (AvgIpc) is 2.39. The topological polar surface area (TPSA) is 52.6 Å². The van der Waals surface area contributed by atoms with E-state index in [4.69, 9.17) is 9.47 Å². The molecule has 1 aromatic rings. The van der Waals surface area contributed by atoms with E-state index < -0.39 is 9.84 Å². The summed E-state index contributed by atoms with van der Waals surface area (Å²) >= 11 is 6.79. The third-order valence-corrected chi connectivity index (χ3v) is 5.65. The number of alkyl halides is 1. The number of sulfone groups is 1. The SMILES string of the molecule is CCCS(=O)(=O)CCOc1c(Br)cc(CBr)cc1OC.